The van der Waals surface area contributed by atoms with E-state index in [1.165, 1.54) is 0 Å². The number of benzene rings is 1. The minimum atomic E-state index is -0.381. The highest BCUT2D eigenvalue weighted by atomic mass is 16.2. The van der Waals surface area contributed by atoms with Crippen molar-refractivity contribution in [2.75, 3.05) is 6.54 Å². The first kappa shape index (κ1) is 17.3. The van der Waals surface area contributed by atoms with Crippen LogP contribution in [-0.2, 0) is 6.54 Å². The monoisotopic (exact) mass is 369 g/mol. The van der Waals surface area contributed by atoms with Gasteiger partial charge in [-0.05, 0) is 43.7 Å². The topological polar surface area (TPSA) is 131 Å². The van der Waals surface area contributed by atoms with Crippen LogP contribution in [0.1, 0.15) is 43.3 Å². The molecule has 1 aromatic carbocycles. The van der Waals surface area contributed by atoms with Gasteiger partial charge in [0, 0.05) is 12.5 Å². The van der Waals surface area contributed by atoms with Crippen molar-refractivity contribution >= 4 is 17.1 Å². The van der Waals surface area contributed by atoms with E-state index in [1.807, 2.05) is 18.2 Å². The number of imidazole rings is 1. The predicted molar refractivity (Wildman–Crippen MR) is 100 cm³/mol. The van der Waals surface area contributed by atoms with Crippen molar-refractivity contribution < 1.29 is 4.79 Å². The third-order valence-electron chi connectivity index (χ3n) is 5.16. The molecule has 1 aliphatic carbocycles. The maximum Gasteiger partial charge on any atom is 0.340 e. The number of nitrogens with one attached hydrogen (secondary N) is 5. The van der Waals surface area contributed by atoms with Crippen molar-refractivity contribution in [3.05, 3.63) is 46.4 Å². The van der Waals surface area contributed by atoms with Gasteiger partial charge in [0.2, 0.25) is 0 Å². The second-order valence-electron chi connectivity index (χ2n) is 7.04. The maximum absolute atomic E-state index is 11.9. The molecule has 1 saturated carbocycles. The molecule has 0 unspecified atom stereocenters. The summed E-state index contributed by atoms with van der Waals surface area (Å²) in [7, 11) is 0. The van der Waals surface area contributed by atoms with E-state index in [-0.39, 0.29) is 18.3 Å². The molecule has 0 bridgehead atoms. The van der Waals surface area contributed by atoms with E-state index in [9.17, 15) is 9.59 Å². The van der Waals surface area contributed by atoms with Gasteiger partial charge in [0.25, 0.3) is 0 Å². The number of hydrogen-bond donors (Lipinski definition) is 5. The fourth-order valence-electron chi connectivity index (χ4n) is 3.66. The van der Waals surface area contributed by atoms with Crippen molar-refractivity contribution in [1.82, 2.24) is 35.8 Å². The van der Waals surface area contributed by atoms with Crippen molar-refractivity contribution in [1.29, 1.82) is 0 Å². The number of amides is 2. The van der Waals surface area contributed by atoms with Gasteiger partial charge in [-0.1, -0.05) is 12.1 Å². The highest BCUT2D eigenvalue weighted by Crippen LogP contribution is 2.34. The molecule has 3 aromatic rings. The van der Waals surface area contributed by atoms with Crippen LogP contribution < -0.4 is 16.3 Å². The zero-order valence-corrected chi connectivity index (χ0v) is 14.9. The van der Waals surface area contributed by atoms with Gasteiger partial charge < -0.3 is 15.6 Å². The summed E-state index contributed by atoms with van der Waals surface area (Å²) in [5.74, 6) is 2.41. The quantitative estimate of drug-likeness (QED) is 0.469. The van der Waals surface area contributed by atoms with Crippen molar-refractivity contribution in [2.45, 2.75) is 38.1 Å². The Morgan fingerprint density at radius 1 is 1.11 bits per heavy atom. The molecule has 0 saturated heterocycles. The molecular formula is C18H23N7O2. The van der Waals surface area contributed by atoms with Crippen LogP contribution in [0.3, 0.4) is 0 Å². The number of urea groups is 1. The Kier molecular flexibility index (Phi) is 4.91. The lowest BCUT2D eigenvalue weighted by Gasteiger charge is -2.27. The summed E-state index contributed by atoms with van der Waals surface area (Å²) in [6, 6.07) is 7.85. The minimum Gasteiger partial charge on any atom is -0.342 e. The summed E-state index contributed by atoms with van der Waals surface area (Å²) in [6.07, 6.45) is 4.27. The Bertz CT molecular complexity index is 932. The second kappa shape index (κ2) is 7.65. The number of rotatable bonds is 5. The summed E-state index contributed by atoms with van der Waals surface area (Å²) in [5.41, 5.74) is 1.73. The third kappa shape index (κ3) is 4.18. The molecule has 0 atom stereocenters. The minimum absolute atomic E-state index is 0.184. The molecule has 0 spiro atoms. The highest BCUT2D eigenvalue weighted by Gasteiger charge is 2.24. The molecular weight excluding hydrogens is 346 g/mol. The van der Waals surface area contributed by atoms with Crippen LogP contribution in [0.15, 0.2) is 29.1 Å². The lowest BCUT2D eigenvalue weighted by atomic mass is 9.81. The lowest BCUT2D eigenvalue weighted by Crippen LogP contribution is -2.38. The molecule has 27 heavy (non-hydrogen) atoms. The van der Waals surface area contributed by atoms with E-state index in [0.717, 1.165) is 42.5 Å². The highest BCUT2D eigenvalue weighted by molar-refractivity contribution is 5.75. The van der Waals surface area contributed by atoms with E-state index in [4.69, 9.17) is 4.98 Å². The number of aromatic amines is 3. The van der Waals surface area contributed by atoms with E-state index in [0.29, 0.717) is 24.2 Å². The number of H-pyrrole nitrogens is 3. The Hall–Kier alpha value is -3.10. The summed E-state index contributed by atoms with van der Waals surface area (Å²) >= 11 is 0. The maximum atomic E-state index is 11.9. The molecule has 2 amide bonds. The molecule has 1 aliphatic rings. The molecule has 0 aliphatic heterocycles. The van der Waals surface area contributed by atoms with Crippen molar-refractivity contribution in [3.63, 3.8) is 0 Å². The number of fused-ring (bicyclic) bond motifs is 1. The molecule has 9 nitrogen and oxygen atoms in total. The predicted octanol–water partition coefficient (Wildman–Crippen LogP) is 1.75. The number of aromatic nitrogens is 5. The number of para-hydroxylation sites is 2. The van der Waals surface area contributed by atoms with Gasteiger partial charge in [0.15, 0.2) is 0 Å². The van der Waals surface area contributed by atoms with E-state index >= 15 is 0 Å². The van der Waals surface area contributed by atoms with Crippen molar-refractivity contribution in [3.8, 4) is 0 Å². The number of hydrogen-bond acceptors (Lipinski definition) is 4. The van der Waals surface area contributed by atoms with Crippen LogP contribution >= 0.6 is 0 Å². The standard InChI is InChI=1S/C18H23N7O2/c26-17(20-10-15-23-18(27)25-24-15)19-9-11-5-7-12(8-6-11)16-21-13-3-1-2-4-14(13)22-16/h1-4,11-12H,5-10H2,(H,21,22)(H2,19,20,26)(H2,23,24,25,27). The van der Waals surface area contributed by atoms with Gasteiger partial charge in [-0.2, -0.15) is 5.10 Å². The Balaban J connectivity index is 1.21. The lowest BCUT2D eigenvalue weighted by molar-refractivity contribution is 0.234. The van der Waals surface area contributed by atoms with E-state index < -0.39 is 0 Å². The normalized spacial score (nSPS) is 19.9. The molecule has 2 aromatic heterocycles. The number of carbonyl (C=O) groups excluding carboxylic acids is 1. The van der Waals surface area contributed by atoms with Gasteiger partial charge in [-0.3, -0.25) is 4.98 Å². The third-order valence-corrected chi connectivity index (χ3v) is 5.16. The SMILES string of the molecule is O=C(NCc1n[nH]c(=O)[nH]1)NCC1CCC(c2nc3ccccc3[nH]2)CC1. The van der Waals surface area contributed by atoms with Crippen LogP contribution in [0.4, 0.5) is 4.79 Å². The fourth-order valence-corrected chi connectivity index (χ4v) is 3.66. The summed E-state index contributed by atoms with van der Waals surface area (Å²) in [4.78, 5) is 33.5. The zero-order chi connectivity index (χ0) is 18.6. The molecule has 142 valence electrons. The molecule has 1 fully saturated rings. The van der Waals surface area contributed by atoms with Crippen LogP contribution in [-0.4, -0.2) is 37.7 Å². The van der Waals surface area contributed by atoms with Gasteiger partial charge in [-0.25, -0.2) is 19.7 Å². The first-order chi connectivity index (χ1) is 13.2. The fraction of sp³-hybridized carbons (Fsp3) is 0.444. The van der Waals surface area contributed by atoms with E-state index in [2.05, 4.69) is 36.9 Å². The molecule has 4 rings (SSSR count). The second-order valence-corrected chi connectivity index (χ2v) is 7.04. The molecule has 0 radical (unpaired) electrons. The summed E-state index contributed by atoms with van der Waals surface area (Å²) in [5, 5.41) is 11.6. The molecule has 9 heteroatoms. The van der Waals surface area contributed by atoms with Crippen molar-refractivity contribution in [2.24, 2.45) is 5.92 Å². The van der Waals surface area contributed by atoms with Gasteiger partial charge in [-0.15, -0.1) is 0 Å². The smallest absolute Gasteiger partial charge is 0.340 e. The zero-order valence-electron chi connectivity index (χ0n) is 14.9. The van der Waals surface area contributed by atoms with Gasteiger partial charge in [0.1, 0.15) is 11.6 Å². The number of nitrogens with zero attached hydrogens (tertiary/aromatic N) is 2. The van der Waals surface area contributed by atoms with Crippen LogP contribution in [0.2, 0.25) is 0 Å². The Morgan fingerprint density at radius 3 is 2.67 bits per heavy atom. The first-order valence-electron chi connectivity index (χ1n) is 9.27. The van der Waals surface area contributed by atoms with Gasteiger partial charge >= 0.3 is 11.7 Å². The molecule has 5 N–H and O–H groups in total. The number of carbonyl (C=O) groups is 1. The average Bonchev–Trinajstić information content (AvgIpc) is 3.31. The Labute approximate surface area is 155 Å². The van der Waals surface area contributed by atoms with Crippen LogP contribution in [0.5, 0.6) is 0 Å². The average molecular weight is 369 g/mol. The Morgan fingerprint density at radius 2 is 1.93 bits per heavy atom. The van der Waals surface area contributed by atoms with Crippen LogP contribution in [0, 0.1) is 5.92 Å². The summed E-state index contributed by atoms with van der Waals surface area (Å²) in [6.45, 7) is 0.832. The molecule has 2 heterocycles. The largest absolute Gasteiger partial charge is 0.342 e. The summed E-state index contributed by atoms with van der Waals surface area (Å²) < 4.78 is 0. The first-order valence-corrected chi connectivity index (χ1v) is 9.27. The van der Waals surface area contributed by atoms with E-state index in [1.54, 1.807) is 0 Å². The van der Waals surface area contributed by atoms with Gasteiger partial charge in [0.05, 0.1) is 17.6 Å². The van der Waals surface area contributed by atoms with Crippen LogP contribution in [0.25, 0.3) is 11.0 Å².